The van der Waals surface area contributed by atoms with Crippen LogP contribution in [0.1, 0.15) is 17.4 Å². The zero-order valence-electron chi connectivity index (χ0n) is 17.6. The number of fused-ring (bicyclic) bond motifs is 2. The molecule has 5 rings (SSSR count). The summed E-state index contributed by atoms with van der Waals surface area (Å²) in [6.45, 7) is 0.577. The van der Waals surface area contributed by atoms with E-state index in [-0.39, 0.29) is 6.61 Å². The Morgan fingerprint density at radius 2 is 1.72 bits per heavy atom. The highest BCUT2D eigenvalue weighted by Gasteiger charge is 2.31. The molecule has 4 aromatic rings. The molecule has 2 atom stereocenters. The molecule has 0 fully saturated rings. The van der Waals surface area contributed by atoms with Gasteiger partial charge in [0.05, 0.1) is 18.3 Å². The molecule has 1 aliphatic heterocycles. The molecule has 0 amide bonds. The first-order chi connectivity index (χ1) is 15.7. The lowest BCUT2D eigenvalue weighted by atomic mass is 10.0. The molecule has 1 aromatic heterocycles. The quantitative estimate of drug-likeness (QED) is 0.479. The van der Waals surface area contributed by atoms with E-state index < -0.39 is 12.2 Å². The second kappa shape index (κ2) is 8.77. The SMILES string of the molecule is COc1ccc(OC2COc3ccc(OCc4ccc5ccccc5n4)cc3C2O)cc1. The maximum absolute atomic E-state index is 10.9. The second-order valence-corrected chi connectivity index (χ2v) is 7.57. The van der Waals surface area contributed by atoms with Crippen LogP contribution in [0.2, 0.25) is 0 Å². The van der Waals surface area contributed by atoms with Crippen molar-refractivity contribution in [2.75, 3.05) is 13.7 Å². The first kappa shape index (κ1) is 20.2. The summed E-state index contributed by atoms with van der Waals surface area (Å²) in [5, 5.41) is 12.0. The summed E-state index contributed by atoms with van der Waals surface area (Å²) in [7, 11) is 1.61. The fourth-order valence-electron chi connectivity index (χ4n) is 3.72. The van der Waals surface area contributed by atoms with E-state index in [9.17, 15) is 5.11 Å². The van der Waals surface area contributed by atoms with Gasteiger partial charge in [-0.2, -0.15) is 0 Å². The first-order valence-corrected chi connectivity index (χ1v) is 10.4. The fourth-order valence-corrected chi connectivity index (χ4v) is 3.72. The highest BCUT2D eigenvalue weighted by atomic mass is 16.5. The van der Waals surface area contributed by atoms with Crippen LogP contribution in [-0.2, 0) is 6.61 Å². The number of hydrogen-bond donors (Lipinski definition) is 1. The second-order valence-electron chi connectivity index (χ2n) is 7.57. The molecule has 1 N–H and O–H groups in total. The summed E-state index contributed by atoms with van der Waals surface area (Å²) in [5.74, 6) is 2.64. The van der Waals surface area contributed by atoms with Crippen molar-refractivity contribution in [3.05, 3.63) is 90.1 Å². The minimum absolute atomic E-state index is 0.251. The van der Waals surface area contributed by atoms with E-state index in [1.54, 1.807) is 25.3 Å². The molecule has 32 heavy (non-hydrogen) atoms. The van der Waals surface area contributed by atoms with E-state index in [1.807, 2.05) is 60.7 Å². The predicted octanol–water partition coefficient (Wildman–Crippen LogP) is 4.70. The van der Waals surface area contributed by atoms with Crippen LogP contribution in [0.15, 0.2) is 78.9 Å². The van der Waals surface area contributed by atoms with Crippen LogP contribution >= 0.6 is 0 Å². The van der Waals surface area contributed by atoms with Crippen LogP contribution in [0.3, 0.4) is 0 Å². The summed E-state index contributed by atoms with van der Waals surface area (Å²) >= 11 is 0. The zero-order valence-corrected chi connectivity index (χ0v) is 17.6. The van der Waals surface area contributed by atoms with Gasteiger partial charge in [0.1, 0.15) is 42.3 Å². The van der Waals surface area contributed by atoms with E-state index in [1.165, 1.54) is 0 Å². The predicted molar refractivity (Wildman–Crippen MR) is 120 cm³/mol. The Labute approximate surface area is 186 Å². The van der Waals surface area contributed by atoms with Crippen molar-refractivity contribution in [1.29, 1.82) is 0 Å². The van der Waals surface area contributed by atoms with Gasteiger partial charge < -0.3 is 24.1 Å². The van der Waals surface area contributed by atoms with Crippen LogP contribution in [0.25, 0.3) is 10.9 Å². The van der Waals surface area contributed by atoms with Gasteiger partial charge in [0, 0.05) is 10.9 Å². The number of benzene rings is 3. The van der Waals surface area contributed by atoms with Gasteiger partial charge in [-0.25, -0.2) is 4.98 Å². The lowest BCUT2D eigenvalue weighted by Crippen LogP contribution is -2.35. The van der Waals surface area contributed by atoms with Crippen LogP contribution in [-0.4, -0.2) is 29.9 Å². The van der Waals surface area contributed by atoms with Gasteiger partial charge in [-0.1, -0.05) is 24.3 Å². The molecule has 3 aromatic carbocycles. The third kappa shape index (κ3) is 4.18. The standard InChI is InChI=1S/C26H23NO5/c1-29-19-8-10-20(11-9-19)32-25-16-31-24-13-12-21(14-22(24)26(25)28)30-15-18-7-6-17-4-2-3-5-23(17)27-18/h2-14,25-26,28H,15-16H2,1H3. The summed E-state index contributed by atoms with van der Waals surface area (Å²) in [6.07, 6.45) is -1.38. The molecule has 1 aliphatic rings. The molecule has 2 heterocycles. The lowest BCUT2D eigenvalue weighted by Gasteiger charge is -2.31. The molecule has 0 saturated carbocycles. The number of aliphatic hydroxyl groups is 1. The molecule has 0 saturated heterocycles. The summed E-state index contributed by atoms with van der Waals surface area (Å²) in [4.78, 5) is 4.64. The molecule has 0 bridgehead atoms. The lowest BCUT2D eigenvalue weighted by molar-refractivity contribution is -0.0104. The Balaban J connectivity index is 1.28. The minimum atomic E-state index is -0.844. The molecular formula is C26H23NO5. The Bertz CT molecular complexity index is 1220. The van der Waals surface area contributed by atoms with Crippen molar-refractivity contribution in [3.8, 4) is 23.0 Å². The number of ether oxygens (including phenoxy) is 4. The maximum atomic E-state index is 10.9. The van der Waals surface area contributed by atoms with Crippen LogP contribution < -0.4 is 18.9 Å². The molecule has 6 nitrogen and oxygen atoms in total. The number of nitrogens with zero attached hydrogens (tertiary/aromatic N) is 1. The Morgan fingerprint density at radius 3 is 2.56 bits per heavy atom. The summed E-state index contributed by atoms with van der Waals surface area (Å²) < 4.78 is 22.9. The molecule has 6 heteroatoms. The van der Waals surface area contributed by atoms with Gasteiger partial charge >= 0.3 is 0 Å². The topological polar surface area (TPSA) is 70.0 Å². The van der Waals surface area contributed by atoms with Crippen LogP contribution in [0.4, 0.5) is 0 Å². The molecular weight excluding hydrogens is 406 g/mol. The van der Waals surface area contributed by atoms with E-state index >= 15 is 0 Å². The van der Waals surface area contributed by atoms with Crippen molar-refractivity contribution in [2.45, 2.75) is 18.8 Å². The Hall–Kier alpha value is -3.77. The number of aliphatic hydroxyl groups excluding tert-OH is 1. The maximum Gasteiger partial charge on any atom is 0.163 e. The normalized spacial score (nSPS) is 17.3. The van der Waals surface area contributed by atoms with Gasteiger partial charge in [0.25, 0.3) is 0 Å². The molecule has 0 spiro atoms. The highest BCUT2D eigenvalue weighted by Crippen LogP contribution is 2.36. The van der Waals surface area contributed by atoms with Crippen molar-refractivity contribution in [3.63, 3.8) is 0 Å². The van der Waals surface area contributed by atoms with E-state index in [0.29, 0.717) is 29.4 Å². The summed E-state index contributed by atoms with van der Waals surface area (Å²) in [6, 6.07) is 24.6. The summed E-state index contributed by atoms with van der Waals surface area (Å²) in [5.41, 5.74) is 2.40. The minimum Gasteiger partial charge on any atom is -0.497 e. The van der Waals surface area contributed by atoms with Gasteiger partial charge in [0.2, 0.25) is 0 Å². The van der Waals surface area contributed by atoms with Crippen molar-refractivity contribution < 1.29 is 24.1 Å². The number of hydrogen-bond acceptors (Lipinski definition) is 6. The van der Waals surface area contributed by atoms with Gasteiger partial charge in [-0.05, 0) is 54.6 Å². The molecule has 0 aliphatic carbocycles. The van der Waals surface area contributed by atoms with Gasteiger partial charge in [0.15, 0.2) is 6.10 Å². The van der Waals surface area contributed by atoms with E-state index in [4.69, 9.17) is 18.9 Å². The largest absolute Gasteiger partial charge is 0.497 e. The first-order valence-electron chi connectivity index (χ1n) is 10.4. The van der Waals surface area contributed by atoms with Crippen molar-refractivity contribution in [2.24, 2.45) is 0 Å². The number of methoxy groups -OCH3 is 1. The molecule has 162 valence electrons. The average Bonchev–Trinajstić information content (AvgIpc) is 2.85. The average molecular weight is 429 g/mol. The van der Waals surface area contributed by atoms with E-state index in [2.05, 4.69) is 4.98 Å². The monoisotopic (exact) mass is 429 g/mol. The van der Waals surface area contributed by atoms with Crippen molar-refractivity contribution >= 4 is 10.9 Å². The van der Waals surface area contributed by atoms with Crippen LogP contribution in [0.5, 0.6) is 23.0 Å². The Morgan fingerprint density at radius 1 is 0.938 bits per heavy atom. The fraction of sp³-hybridized carbons (Fsp3) is 0.192. The number of rotatable bonds is 6. The smallest absolute Gasteiger partial charge is 0.163 e. The number of aromatic nitrogens is 1. The molecule has 2 unspecified atom stereocenters. The third-order valence-electron chi connectivity index (χ3n) is 5.44. The van der Waals surface area contributed by atoms with Gasteiger partial charge in [-0.3, -0.25) is 0 Å². The molecule has 0 radical (unpaired) electrons. The number of pyridine rings is 1. The van der Waals surface area contributed by atoms with E-state index in [0.717, 1.165) is 22.3 Å². The van der Waals surface area contributed by atoms with Crippen molar-refractivity contribution in [1.82, 2.24) is 4.98 Å². The highest BCUT2D eigenvalue weighted by molar-refractivity contribution is 5.78. The number of para-hydroxylation sites is 1. The van der Waals surface area contributed by atoms with Gasteiger partial charge in [-0.15, -0.1) is 0 Å². The Kier molecular flexibility index (Phi) is 5.52. The third-order valence-corrected chi connectivity index (χ3v) is 5.44. The zero-order chi connectivity index (χ0) is 21.9. The van der Waals surface area contributed by atoms with Crippen LogP contribution in [0, 0.1) is 0 Å².